The van der Waals surface area contributed by atoms with Gasteiger partial charge in [-0.3, -0.25) is 0 Å². The first-order valence-electron chi connectivity index (χ1n) is 25.3. The lowest BCUT2D eigenvalue weighted by Crippen LogP contribution is -2.67. The Balaban J connectivity index is 1.25. The number of hydrogen-bond donors (Lipinski definition) is 0. The minimum Gasteiger partial charge on any atom is -0.359 e. The molecule has 3 heterocycles. The second-order valence-electron chi connectivity index (χ2n) is 25.8. The van der Waals surface area contributed by atoms with Crippen LogP contribution in [0.2, 0.25) is 5.82 Å². The first-order valence-corrected chi connectivity index (χ1v) is 25.3. The molecule has 0 bridgehead atoms. The largest absolute Gasteiger partial charge is 0.359 e. The number of allylic oxidation sites excluding steroid dienone is 15. The molecule has 9 aliphatic rings. The Bertz CT molecular complexity index is 2360. The van der Waals surface area contributed by atoms with Gasteiger partial charge in [0.25, 0.3) is 0 Å². The lowest BCUT2D eigenvalue weighted by atomic mass is 9.26. The Hall–Kier alpha value is -3.72. The predicted octanol–water partition coefficient (Wildman–Crippen LogP) is 14.6. The number of rotatable bonds is 4. The van der Waals surface area contributed by atoms with E-state index in [1.165, 1.54) is 24.1 Å². The average molecular weight is 839 g/mol. The molecule has 0 fully saturated rings. The molecule has 2 nitrogen and oxygen atoms in total. The maximum Gasteiger partial charge on any atom is 0.221 e. The van der Waals surface area contributed by atoms with Crippen LogP contribution in [0.3, 0.4) is 0 Å². The highest BCUT2D eigenvalue weighted by Crippen LogP contribution is 2.64. The fourth-order valence-corrected chi connectivity index (χ4v) is 14.2. The Morgan fingerprint density at radius 3 is 2.10 bits per heavy atom. The first kappa shape index (κ1) is 43.2. The van der Waals surface area contributed by atoms with E-state index < -0.39 is 0 Å². The molecule has 10 unspecified atom stereocenters. The molecule has 0 amide bonds. The van der Waals surface area contributed by atoms with Crippen molar-refractivity contribution in [2.24, 2.45) is 51.2 Å². The lowest BCUT2D eigenvalue weighted by molar-refractivity contribution is 0.198. The summed E-state index contributed by atoms with van der Waals surface area (Å²) >= 11 is 0. The summed E-state index contributed by atoms with van der Waals surface area (Å²) in [5, 5.41) is 0. The quantitative estimate of drug-likeness (QED) is 0.220. The van der Waals surface area contributed by atoms with Crippen LogP contribution in [0.4, 0.5) is 5.69 Å². The molecule has 0 saturated heterocycles. The van der Waals surface area contributed by atoms with Gasteiger partial charge < -0.3 is 9.80 Å². The third-order valence-electron chi connectivity index (χ3n) is 18.1. The lowest BCUT2D eigenvalue weighted by Gasteiger charge is -2.60. The predicted molar refractivity (Wildman–Crippen MR) is 271 cm³/mol. The fraction of sp³-hybridized carbons (Fsp3) is 0.567. The molecule has 0 radical (unpaired) electrons. The molecular formula is C60H79BN2. The van der Waals surface area contributed by atoms with E-state index in [1.54, 1.807) is 39.0 Å². The van der Waals surface area contributed by atoms with E-state index in [1.807, 2.05) is 0 Å². The van der Waals surface area contributed by atoms with Crippen LogP contribution in [0.25, 0.3) is 0 Å². The van der Waals surface area contributed by atoms with Gasteiger partial charge in [-0.05, 0) is 119 Å². The van der Waals surface area contributed by atoms with Crippen molar-refractivity contribution in [1.29, 1.82) is 0 Å². The van der Waals surface area contributed by atoms with Crippen LogP contribution >= 0.6 is 0 Å². The highest BCUT2D eigenvalue weighted by Gasteiger charge is 2.62. The van der Waals surface area contributed by atoms with Crippen LogP contribution in [0.15, 0.2) is 137 Å². The zero-order chi connectivity index (χ0) is 44.6. The monoisotopic (exact) mass is 839 g/mol. The van der Waals surface area contributed by atoms with Crippen molar-refractivity contribution in [1.82, 2.24) is 4.90 Å². The summed E-state index contributed by atoms with van der Waals surface area (Å²) in [6, 6.07) is 8.79. The summed E-state index contributed by atoms with van der Waals surface area (Å²) in [5.74, 6) is 2.87. The average Bonchev–Trinajstić information content (AvgIpc) is 3.58. The third kappa shape index (κ3) is 6.93. The molecule has 0 spiro atoms. The molecule has 3 heteroatoms. The summed E-state index contributed by atoms with van der Waals surface area (Å²) in [5.41, 5.74) is 15.0. The second-order valence-corrected chi connectivity index (χ2v) is 25.8. The maximum atomic E-state index is 3.04. The molecule has 10 atom stereocenters. The molecular weight excluding hydrogens is 759 g/mol. The van der Waals surface area contributed by atoms with Gasteiger partial charge in [0.05, 0.1) is 0 Å². The minimum absolute atomic E-state index is 0.0547. The highest BCUT2D eigenvalue weighted by atomic mass is 15.3. The van der Waals surface area contributed by atoms with Gasteiger partial charge in [0, 0.05) is 46.5 Å². The summed E-state index contributed by atoms with van der Waals surface area (Å²) in [6.45, 7) is 32.5. The van der Waals surface area contributed by atoms with Gasteiger partial charge in [-0.2, -0.15) is 0 Å². The Morgan fingerprint density at radius 1 is 0.683 bits per heavy atom. The topological polar surface area (TPSA) is 6.48 Å². The van der Waals surface area contributed by atoms with Gasteiger partial charge in [-0.25, -0.2) is 0 Å². The van der Waals surface area contributed by atoms with Crippen LogP contribution in [0, 0.1) is 51.2 Å². The molecule has 0 N–H and O–H groups in total. The molecule has 0 aromatic heterocycles. The van der Waals surface area contributed by atoms with Crippen LogP contribution in [0.5, 0.6) is 0 Å². The summed E-state index contributed by atoms with van der Waals surface area (Å²) < 4.78 is 0. The van der Waals surface area contributed by atoms with E-state index in [-0.39, 0.29) is 33.1 Å². The standard InChI is InChI=1S/C60H79BN2/c1-56(2,3)38-24-28-44(29-25-38)62-50-35-42(58(7,8)9)26-31-47(50)61-48-32-30-46(59(10,11)12)53-45-34-41(57(4,5)6)27-33-49(45)63(55(48)53)52-37-43(36-51(62)54(52)61)60(13,39-20-16-14-17-21-39)40-22-18-15-19-23-40/h14-18,20,22,24,26-28,30-33,35-36,38-39,41,44,46,51-54H,19,21,23,25,29,34,37H2,1-13H3. The van der Waals surface area contributed by atoms with Crippen LogP contribution in [-0.2, 0) is 5.41 Å². The summed E-state index contributed by atoms with van der Waals surface area (Å²) in [7, 11) is 0. The van der Waals surface area contributed by atoms with Gasteiger partial charge in [0.15, 0.2) is 0 Å². The van der Waals surface area contributed by atoms with E-state index in [4.69, 9.17) is 0 Å². The van der Waals surface area contributed by atoms with Crippen LogP contribution in [-0.4, -0.2) is 29.7 Å². The van der Waals surface area contributed by atoms with Crippen LogP contribution < -0.4 is 10.4 Å². The van der Waals surface area contributed by atoms with E-state index >= 15 is 0 Å². The molecule has 3 aliphatic heterocycles. The highest BCUT2D eigenvalue weighted by molar-refractivity contribution is 6.84. The van der Waals surface area contributed by atoms with Gasteiger partial charge in [0.2, 0.25) is 6.71 Å². The maximum absolute atomic E-state index is 3.04. The zero-order valence-corrected chi connectivity index (χ0v) is 41.4. The van der Waals surface area contributed by atoms with Gasteiger partial charge >= 0.3 is 0 Å². The SMILES string of the molecule is CC(C)(C)c1ccc2c(c1)N(C1C=CC(C(C)(C)C)CC1)C1C=C(C(C)(C3=CC=CCC3)C3C=CC=CC3)CC3C1B2C1=C2C(C4=C(C=CC(C(C)(C)C)C4)N23)C(C(C)(C)C)C=C1. The molecule has 63 heavy (non-hydrogen) atoms. The molecule has 10 rings (SSSR count). The minimum atomic E-state index is -0.0728. The van der Waals surface area contributed by atoms with E-state index in [0.29, 0.717) is 54.2 Å². The number of fused-ring (bicyclic) bond motifs is 6. The van der Waals surface area contributed by atoms with Crippen molar-refractivity contribution in [2.45, 2.75) is 164 Å². The van der Waals surface area contributed by atoms with Gasteiger partial charge in [-0.15, -0.1) is 0 Å². The van der Waals surface area contributed by atoms with Crippen molar-refractivity contribution >= 4 is 17.9 Å². The second kappa shape index (κ2) is 14.9. The number of anilines is 1. The number of nitrogens with zero attached hydrogens (tertiary/aromatic N) is 2. The van der Waals surface area contributed by atoms with Gasteiger partial charge in [0.1, 0.15) is 0 Å². The molecule has 332 valence electrons. The van der Waals surface area contributed by atoms with Gasteiger partial charge in [-0.1, -0.05) is 203 Å². The fourth-order valence-electron chi connectivity index (χ4n) is 14.2. The number of hydrogen-bond acceptors (Lipinski definition) is 2. The molecule has 0 saturated carbocycles. The van der Waals surface area contributed by atoms with Crippen molar-refractivity contribution < 1.29 is 0 Å². The normalized spacial score (nSPS) is 33.2. The Kier molecular flexibility index (Phi) is 10.2. The van der Waals surface area contributed by atoms with Crippen LogP contribution in [0.1, 0.15) is 141 Å². The summed E-state index contributed by atoms with van der Waals surface area (Å²) in [6.07, 6.45) is 43.8. The number of benzene rings is 1. The summed E-state index contributed by atoms with van der Waals surface area (Å²) in [4.78, 5) is 6.06. The van der Waals surface area contributed by atoms with Crippen molar-refractivity contribution in [3.63, 3.8) is 0 Å². The van der Waals surface area contributed by atoms with Crippen molar-refractivity contribution in [3.05, 3.63) is 142 Å². The van der Waals surface area contributed by atoms with E-state index in [9.17, 15) is 0 Å². The third-order valence-corrected chi connectivity index (χ3v) is 18.1. The van der Waals surface area contributed by atoms with Crippen molar-refractivity contribution in [2.75, 3.05) is 4.90 Å². The Morgan fingerprint density at radius 2 is 1.46 bits per heavy atom. The zero-order valence-electron chi connectivity index (χ0n) is 41.4. The smallest absolute Gasteiger partial charge is 0.221 e. The van der Waals surface area contributed by atoms with Crippen molar-refractivity contribution in [3.8, 4) is 0 Å². The van der Waals surface area contributed by atoms with E-state index in [0.717, 1.165) is 32.1 Å². The molecule has 6 aliphatic carbocycles. The first-order chi connectivity index (χ1) is 29.7. The molecule has 1 aromatic rings. The Labute approximate surface area is 384 Å². The molecule has 1 aromatic carbocycles. The van der Waals surface area contributed by atoms with E-state index in [2.05, 4.69) is 203 Å².